The van der Waals surface area contributed by atoms with Crippen LogP contribution in [-0.2, 0) is 4.74 Å². The third kappa shape index (κ3) is 4.67. The molecule has 1 rings (SSSR count). The third-order valence-corrected chi connectivity index (χ3v) is 2.98. The number of benzene rings is 1. The van der Waals surface area contributed by atoms with Crippen LogP contribution >= 0.6 is 0 Å². The number of ether oxygens (including phenoxy) is 1. The van der Waals surface area contributed by atoms with Crippen molar-refractivity contribution in [3.63, 3.8) is 0 Å². The normalized spacial score (nSPS) is 12.8. The van der Waals surface area contributed by atoms with Crippen molar-refractivity contribution in [2.75, 3.05) is 25.1 Å². The van der Waals surface area contributed by atoms with Gasteiger partial charge in [0.2, 0.25) is 0 Å². The maximum Gasteiger partial charge on any atom is 0.0787 e. The average Bonchev–Trinajstić information content (AvgIpc) is 2.37. The fourth-order valence-electron chi connectivity index (χ4n) is 1.74. The van der Waals surface area contributed by atoms with E-state index in [-0.39, 0.29) is 12.2 Å². The molecular weight excluding hydrogens is 226 g/mol. The molecule has 0 aliphatic heterocycles. The Bertz CT molecular complexity index is 335. The van der Waals surface area contributed by atoms with Gasteiger partial charge in [-0.25, -0.2) is 0 Å². The van der Waals surface area contributed by atoms with Crippen LogP contribution < -0.4 is 4.90 Å². The van der Waals surface area contributed by atoms with Crippen LogP contribution in [0.2, 0.25) is 0 Å². The summed E-state index contributed by atoms with van der Waals surface area (Å²) in [5.41, 5.74) is 2.13. The first-order valence-corrected chi connectivity index (χ1v) is 6.65. The summed E-state index contributed by atoms with van der Waals surface area (Å²) in [6, 6.07) is 8.07. The SMILES string of the molecule is CC[C@@H](O)c1ccc(N(C)CCOC(C)C)cc1. The van der Waals surface area contributed by atoms with Crippen molar-refractivity contribution in [3.8, 4) is 0 Å². The molecule has 1 aromatic rings. The molecule has 18 heavy (non-hydrogen) atoms. The zero-order valence-corrected chi connectivity index (χ0v) is 11.9. The summed E-state index contributed by atoms with van der Waals surface area (Å²) in [5, 5.41) is 9.73. The van der Waals surface area contributed by atoms with Crippen LogP contribution in [0, 0.1) is 0 Å². The second kappa shape index (κ2) is 7.39. The molecule has 0 saturated carbocycles. The monoisotopic (exact) mass is 251 g/mol. The number of rotatable bonds is 7. The highest BCUT2D eigenvalue weighted by atomic mass is 16.5. The molecule has 0 radical (unpaired) electrons. The van der Waals surface area contributed by atoms with Gasteiger partial charge >= 0.3 is 0 Å². The molecule has 1 aromatic carbocycles. The van der Waals surface area contributed by atoms with E-state index in [1.807, 2.05) is 45.0 Å². The number of hydrogen-bond acceptors (Lipinski definition) is 3. The highest BCUT2D eigenvalue weighted by Crippen LogP contribution is 2.20. The predicted octanol–water partition coefficient (Wildman–Crippen LogP) is 2.99. The molecule has 0 aliphatic rings. The minimum absolute atomic E-state index is 0.278. The van der Waals surface area contributed by atoms with Crippen molar-refractivity contribution >= 4 is 5.69 Å². The van der Waals surface area contributed by atoms with Gasteiger partial charge in [0.15, 0.2) is 0 Å². The Hall–Kier alpha value is -1.06. The average molecular weight is 251 g/mol. The highest BCUT2D eigenvalue weighted by Gasteiger charge is 2.06. The van der Waals surface area contributed by atoms with Gasteiger partial charge in [-0.3, -0.25) is 0 Å². The van der Waals surface area contributed by atoms with Crippen LogP contribution in [0.25, 0.3) is 0 Å². The highest BCUT2D eigenvalue weighted by molar-refractivity contribution is 5.47. The number of aliphatic hydroxyl groups excluding tert-OH is 1. The minimum Gasteiger partial charge on any atom is -0.388 e. The molecule has 0 heterocycles. The Morgan fingerprint density at radius 3 is 2.33 bits per heavy atom. The van der Waals surface area contributed by atoms with Crippen molar-refractivity contribution in [2.45, 2.75) is 39.4 Å². The van der Waals surface area contributed by atoms with E-state index >= 15 is 0 Å². The molecule has 0 saturated heterocycles. The molecule has 0 fully saturated rings. The molecular formula is C15H25NO2. The van der Waals surface area contributed by atoms with E-state index in [1.165, 1.54) is 0 Å². The van der Waals surface area contributed by atoms with Gasteiger partial charge in [-0.1, -0.05) is 19.1 Å². The zero-order chi connectivity index (χ0) is 13.5. The molecule has 0 spiro atoms. The Balaban J connectivity index is 2.51. The summed E-state index contributed by atoms with van der Waals surface area (Å²) in [6.07, 6.45) is 0.673. The van der Waals surface area contributed by atoms with Crippen molar-refractivity contribution in [3.05, 3.63) is 29.8 Å². The molecule has 0 bridgehead atoms. The lowest BCUT2D eigenvalue weighted by atomic mass is 10.1. The first kappa shape index (κ1) is 15.0. The van der Waals surface area contributed by atoms with Crippen LogP contribution in [0.4, 0.5) is 5.69 Å². The van der Waals surface area contributed by atoms with Gasteiger partial charge in [0.1, 0.15) is 0 Å². The number of nitrogens with zero attached hydrogens (tertiary/aromatic N) is 1. The molecule has 0 aliphatic carbocycles. The second-order valence-corrected chi connectivity index (χ2v) is 4.86. The minimum atomic E-state index is -0.353. The fraction of sp³-hybridized carbons (Fsp3) is 0.600. The number of aliphatic hydroxyl groups is 1. The van der Waals surface area contributed by atoms with Gasteiger partial charge in [-0.2, -0.15) is 0 Å². The maximum atomic E-state index is 9.73. The summed E-state index contributed by atoms with van der Waals surface area (Å²) in [6.45, 7) is 7.66. The van der Waals surface area contributed by atoms with Gasteiger partial charge in [-0.05, 0) is 38.0 Å². The first-order chi connectivity index (χ1) is 8.54. The predicted molar refractivity (Wildman–Crippen MR) is 76.1 cm³/mol. The fourth-order valence-corrected chi connectivity index (χ4v) is 1.74. The molecule has 3 nitrogen and oxygen atoms in total. The summed E-state index contributed by atoms with van der Waals surface area (Å²) in [5.74, 6) is 0. The number of hydrogen-bond donors (Lipinski definition) is 1. The second-order valence-electron chi connectivity index (χ2n) is 4.86. The summed E-state index contributed by atoms with van der Waals surface area (Å²) in [7, 11) is 2.05. The van der Waals surface area contributed by atoms with E-state index in [0.717, 1.165) is 30.8 Å². The van der Waals surface area contributed by atoms with E-state index < -0.39 is 0 Å². The van der Waals surface area contributed by atoms with Crippen molar-refractivity contribution in [1.82, 2.24) is 0 Å². The zero-order valence-electron chi connectivity index (χ0n) is 11.9. The molecule has 0 amide bonds. The summed E-state index contributed by atoms with van der Waals surface area (Å²) in [4.78, 5) is 2.16. The lowest BCUT2D eigenvalue weighted by Gasteiger charge is -2.20. The van der Waals surface area contributed by atoms with Crippen LogP contribution in [-0.4, -0.2) is 31.4 Å². The van der Waals surface area contributed by atoms with Crippen molar-refractivity contribution in [2.24, 2.45) is 0 Å². The topological polar surface area (TPSA) is 32.7 Å². The molecule has 1 N–H and O–H groups in total. The molecule has 3 heteroatoms. The lowest BCUT2D eigenvalue weighted by molar-refractivity contribution is 0.0846. The van der Waals surface area contributed by atoms with Gasteiger partial charge in [0.05, 0.1) is 18.8 Å². The van der Waals surface area contributed by atoms with Crippen LogP contribution in [0.5, 0.6) is 0 Å². The smallest absolute Gasteiger partial charge is 0.0787 e. The van der Waals surface area contributed by atoms with E-state index in [4.69, 9.17) is 4.74 Å². The maximum absolute atomic E-state index is 9.73. The third-order valence-electron chi connectivity index (χ3n) is 2.98. The Labute approximate surface area is 110 Å². The van der Waals surface area contributed by atoms with E-state index in [2.05, 4.69) is 11.9 Å². The van der Waals surface area contributed by atoms with Gasteiger partial charge < -0.3 is 14.7 Å². The van der Waals surface area contributed by atoms with Gasteiger partial charge in [0.25, 0.3) is 0 Å². The van der Waals surface area contributed by atoms with Crippen LogP contribution in [0.15, 0.2) is 24.3 Å². The van der Waals surface area contributed by atoms with Crippen molar-refractivity contribution in [1.29, 1.82) is 0 Å². The molecule has 1 atom stereocenters. The van der Waals surface area contributed by atoms with E-state index in [9.17, 15) is 5.11 Å². The largest absolute Gasteiger partial charge is 0.388 e. The quantitative estimate of drug-likeness (QED) is 0.808. The van der Waals surface area contributed by atoms with E-state index in [0.29, 0.717) is 0 Å². The number of likely N-dealkylation sites (N-methyl/N-ethyl adjacent to an activating group) is 1. The standard InChI is InChI=1S/C15H25NO2/c1-5-15(17)13-6-8-14(9-7-13)16(4)10-11-18-12(2)3/h6-9,12,15,17H,5,10-11H2,1-4H3/t15-/m1/s1. The molecule has 0 unspecified atom stereocenters. The molecule has 102 valence electrons. The van der Waals surface area contributed by atoms with Gasteiger partial charge in [0, 0.05) is 19.3 Å². The Morgan fingerprint density at radius 1 is 1.22 bits per heavy atom. The summed E-state index contributed by atoms with van der Waals surface area (Å²) < 4.78 is 5.53. The lowest BCUT2D eigenvalue weighted by Crippen LogP contribution is -2.23. The Kier molecular flexibility index (Phi) is 6.16. The van der Waals surface area contributed by atoms with E-state index in [1.54, 1.807) is 0 Å². The number of anilines is 1. The molecule has 0 aromatic heterocycles. The van der Waals surface area contributed by atoms with Gasteiger partial charge in [-0.15, -0.1) is 0 Å². The van der Waals surface area contributed by atoms with Crippen molar-refractivity contribution < 1.29 is 9.84 Å². The van der Waals surface area contributed by atoms with Crippen LogP contribution in [0.3, 0.4) is 0 Å². The first-order valence-electron chi connectivity index (χ1n) is 6.65. The Morgan fingerprint density at radius 2 is 1.83 bits per heavy atom. The summed E-state index contributed by atoms with van der Waals surface area (Å²) >= 11 is 0. The van der Waals surface area contributed by atoms with Crippen LogP contribution in [0.1, 0.15) is 38.9 Å².